The maximum atomic E-state index is 14.7. The quantitative estimate of drug-likeness (QED) is 0.687. The van der Waals surface area contributed by atoms with Crippen molar-refractivity contribution < 1.29 is 27.8 Å². The fraction of sp³-hybridized carbons (Fsp3) is 0.542. The van der Waals surface area contributed by atoms with Crippen LogP contribution in [0.3, 0.4) is 0 Å². The van der Waals surface area contributed by atoms with E-state index in [1.807, 2.05) is 27.7 Å². The number of likely N-dealkylation sites (tertiary alicyclic amines) is 1. The summed E-state index contributed by atoms with van der Waals surface area (Å²) in [6, 6.07) is 1.93. The third-order valence-corrected chi connectivity index (χ3v) is 6.19. The molecule has 3 atom stereocenters. The van der Waals surface area contributed by atoms with E-state index in [9.17, 15) is 18.4 Å². The minimum Gasteiger partial charge on any atom is -0.494 e. The molecule has 1 N–H and O–H groups in total. The fourth-order valence-electron chi connectivity index (χ4n) is 4.53. The molecule has 2 aromatic rings. The zero-order valence-corrected chi connectivity index (χ0v) is 20.0. The molecule has 184 valence electrons. The summed E-state index contributed by atoms with van der Waals surface area (Å²) in [6.07, 6.45) is 2.18. The lowest BCUT2D eigenvalue weighted by Crippen LogP contribution is -2.40. The predicted molar refractivity (Wildman–Crippen MR) is 120 cm³/mol. The molecular weight excluding hydrogens is 446 g/mol. The summed E-state index contributed by atoms with van der Waals surface area (Å²) in [4.78, 5) is 27.0. The summed E-state index contributed by atoms with van der Waals surface area (Å²) in [7, 11) is 1.26. The lowest BCUT2D eigenvalue weighted by Gasteiger charge is -2.26. The van der Waals surface area contributed by atoms with E-state index >= 15 is 0 Å². The van der Waals surface area contributed by atoms with E-state index in [1.54, 1.807) is 4.90 Å². The number of hydrogen-bond acceptors (Lipinski definition) is 5. The van der Waals surface area contributed by atoms with Crippen LogP contribution >= 0.6 is 0 Å². The molecule has 2 amide bonds. The van der Waals surface area contributed by atoms with Crippen molar-refractivity contribution in [2.45, 2.75) is 52.2 Å². The number of methoxy groups -OCH3 is 1. The van der Waals surface area contributed by atoms with E-state index in [2.05, 4.69) is 10.4 Å². The van der Waals surface area contributed by atoms with Gasteiger partial charge >= 0.3 is 6.09 Å². The lowest BCUT2D eigenvalue weighted by molar-refractivity contribution is 0.0270. The number of ether oxygens (including phenoxy) is 2. The fourth-order valence-corrected chi connectivity index (χ4v) is 4.53. The molecule has 1 unspecified atom stereocenters. The molecule has 10 heteroatoms. The first kappa shape index (κ1) is 24.0. The molecule has 1 saturated carbocycles. The summed E-state index contributed by atoms with van der Waals surface area (Å²) in [5.41, 5.74) is 0.188. The van der Waals surface area contributed by atoms with Gasteiger partial charge in [0.15, 0.2) is 17.4 Å². The summed E-state index contributed by atoms with van der Waals surface area (Å²) >= 11 is 0. The van der Waals surface area contributed by atoms with Crippen LogP contribution < -0.4 is 10.1 Å². The van der Waals surface area contributed by atoms with Gasteiger partial charge in [-0.25, -0.2) is 18.3 Å². The molecule has 1 aliphatic heterocycles. The molecule has 1 aromatic heterocycles. The van der Waals surface area contributed by atoms with Crippen LogP contribution in [-0.2, 0) is 11.2 Å². The van der Waals surface area contributed by atoms with E-state index in [0.717, 1.165) is 12.1 Å². The first-order valence-corrected chi connectivity index (χ1v) is 11.4. The van der Waals surface area contributed by atoms with Gasteiger partial charge in [0.05, 0.1) is 24.6 Å². The second-order valence-electron chi connectivity index (χ2n) is 9.82. The molecule has 2 fully saturated rings. The molecule has 1 aliphatic carbocycles. The molecule has 1 saturated heterocycles. The molecule has 8 nitrogen and oxygen atoms in total. The Morgan fingerprint density at radius 2 is 1.85 bits per heavy atom. The Morgan fingerprint density at radius 1 is 1.18 bits per heavy atom. The van der Waals surface area contributed by atoms with Gasteiger partial charge in [-0.15, -0.1) is 0 Å². The minimum atomic E-state index is -0.719. The summed E-state index contributed by atoms with van der Waals surface area (Å²) in [5.74, 6) is -1.59. The number of aromatic nitrogens is 2. The van der Waals surface area contributed by atoms with Gasteiger partial charge in [0, 0.05) is 43.1 Å². The van der Waals surface area contributed by atoms with Crippen LogP contribution in [-0.4, -0.2) is 58.5 Å². The predicted octanol–water partition coefficient (Wildman–Crippen LogP) is 3.71. The molecule has 0 bridgehead atoms. The Kier molecular flexibility index (Phi) is 6.26. The smallest absolute Gasteiger partial charge is 0.410 e. The molecule has 4 rings (SSSR count). The maximum absolute atomic E-state index is 14.7. The number of carbonyl (C=O) groups excluding carboxylic acids is 2. The van der Waals surface area contributed by atoms with Crippen molar-refractivity contribution in [3.05, 3.63) is 41.2 Å². The van der Waals surface area contributed by atoms with Gasteiger partial charge in [-0.05, 0) is 27.2 Å². The van der Waals surface area contributed by atoms with Crippen LogP contribution in [0.1, 0.15) is 50.2 Å². The number of halogens is 2. The normalized spacial score (nSPS) is 21.3. The minimum absolute atomic E-state index is 0.0424. The summed E-state index contributed by atoms with van der Waals surface area (Å²) < 4.78 is 40.4. The van der Waals surface area contributed by atoms with Crippen molar-refractivity contribution in [2.24, 2.45) is 11.8 Å². The molecule has 34 heavy (non-hydrogen) atoms. The van der Waals surface area contributed by atoms with Gasteiger partial charge < -0.3 is 19.7 Å². The number of fused-ring (bicyclic) bond motifs is 1. The highest BCUT2D eigenvalue weighted by atomic mass is 19.1. The van der Waals surface area contributed by atoms with Crippen LogP contribution in [0.4, 0.5) is 13.6 Å². The SMILES string of the molecule is CCCc1c(C(=O)NC2[C@H]3CN(C(=O)OC(C)(C)C)C[C@@H]23)cnn1-c1cc(F)c(OC)cc1F. The van der Waals surface area contributed by atoms with Gasteiger partial charge in [-0.1, -0.05) is 13.3 Å². The highest BCUT2D eigenvalue weighted by Crippen LogP contribution is 2.46. The van der Waals surface area contributed by atoms with E-state index in [0.29, 0.717) is 37.2 Å². The highest BCUT2D eigenvalue weighted by molar-refractivity contribution is 5.95. The molecule has 0 radical (unpaired) electrons. The largest absolute Gasteiger partial charge is 0.494 e. The molecular formula is C24H30F2N4O4. The first-order chi connectivity index (χ1) is 16.0. The number of nitrogens with zero attached hydrogens (tertiary/aromatic N) is 3. The Bertz CT molecular complexity index is 1100. The Balaban J connectivity index is 1.46. The Labute approximate surface area is 197 Å². The summed E-state index contributed by atoms with van der Waals surface area (Å²) in [5, 5.41) is 7.22. The number of piperidine rings is 1. The third kappa shape index (κ3) is 4.58. The van der Waals surface area contributed by atoms with Crippen LogP contribution in [0.2, 0.25) is 0 Å². The van der Waals surface area contributed by atoms with Crippen molar-refractivity contribution >= 4 is 12.0 Å². The second-order valence-corrected chi connectivity index (χ2v) is 9.82. The third-order valence-electron chi connectivity index (χ3n) is 6.19. The van der Waals surface area contributed by atoms with Crippen molar-refractivity contribution in [2.75, 3.05) is 20.2 Å². The topological polar surface area (TPSA) is 85.7 Å². The average Bonchev–Trinajstić information content (AvgIpc) is 3.10. The number of hydrogen-bond donors (Lipinski definition) is 1. The van der Waals surface area contributed by atoms with Gasteiger partial charge in [0.25, 0.3) is 5.91 Å². The molecule has 1 aromatic carbocycles. The Morgan fingerprint density at radius 3 is 2.44 bits per heavy atom. The lowest BCUT2D eigenvalue weighted by atomic mass is 10.1. The number of carbonyl (C=O) groups is 2. The highest BCUT2D eigenvalue weighted by Gasteiger charge is 2.58. The summed E-state index contributed by atoms with van der Waals surface area (Å²) in [6.45, 7) is 8.46. The van der Waals surface area contributed by atoms with Crippen molar-refractivity contribution in [1.82, 2.24) is 20.0 Å². The van der Waals surface area contributed by atoms with Crippen LogP contribution in [0, 0.1) is 23.5 Å². The van der Waals surface area contributed by atoms with Crippen LogP contribution in [0.5, 0.6) is 5.75 Å². The molecule has 2 heterocycles. The van der Waals surface area contributed by atoms with Gasteiger partial charge in [0.1, 0.15) is 11.3 Å². The van der Waals surface area contributed by atoms with Gasteiger partial charge in [-0.3, -0.25) is 4.79 Å². The number of nitrogens with one attached hydrogen (secondary N) is 1. The van der Waals surface area contributed by atoms with Crippen molar-refractivity contribution in [1.29, 1.82) is 0 Å². The maximum Gasteiger partial charge on any atom is 0.410 e. The van der Waals surface area contributed by atoms with Crippen LogP contribution in [0.15, 0.2) is 18.3 Å². The first-order valence-electron chi connectivity index (χ1n) is 11.4. The van der Waals surface area contributed by atoms with Gasteiger partial charge in [0.2, 0.25) is 0 Å². The average molecular weight is 477 g/mol. The number of benzene rings is 1. The monoisotopic (exact) mass is 476 g/mol. The molecule has 0 spiro atoms. The standard InChI is InChI=1S/C24H30F2N4O4/c1-6-7-18-13(10-27-30(18)19-8-17(26)20(33-5)9-16(19)25)22(31)28-21-14-11-29(12-15(14)21)23(32)34-24(2,3)4/h8-10,14-15,21H,6-7,11-12H2,1-5H3,(H,28,31)/t14-,15+,21?. The molecule has 2 aliphatic rings. The second kappa shape index (κ2) is 8.88. The number of amides is 2. The van der Waals surface area contributed by atoms with Crippen molar-refractivity contribution in [3.8, 4) is 11.4 Å². The van der Waals surface area contributed by atoms with E-state index in [1.165, 1.54) is 18.0 Å². The van der Waals surface area contributed by atoms with E-state index < -0.39 is 17.2 Å². The van der Waals surface area contributed by atoms with Crippen molar-refractivity contribution in [3.63, 3.8) is 0 Å². The van der Waals surface area contributed by atoms with Crippen LogP contribution in [0.25, 0.3) is 5.69 Å². The van der Waals surface area contributed by atoms with Gasteiger partial charge in [-0.2, -0.15) is 5.10 Å². The zero-order valence-electron chi connectivity index (χ0n) is 20.0. The Hall–Kier alpha value is -3.17. The van der Waals surface area contributed by atoms with E-state index in [4.69, 9.17) is 9.47 Å². The number of rotatable bonds is 6. The zero-order chi connectivity index (χ0) is 24.8. The van der Waals surface area contributed by atoms with E-state index in [-0.39, 0.29) is 41.3 Å².